The second kappa shape index (κ2) is 11.8. The van der Waals surface area contributed by atoms with Crippen molar-refractivity contribution in [2.24, 2.45) is 0 Å². The maximum atomic E-state index is 15.7. The molecule has 35 heavy (non-hydrogen) atoms. The molecule has 0 saturated carbocycles. The van der Waals surface area contributed by atoms with Crippen LogP contribution in [-0.4, -0.2) is 73.1 Å². The molecule has 8 heteroatoms. The molecule has 7 nitrogen and oxygen atoms in total. The smallest absolute Gasteiger partial charge is 0.304 e. The second-order valence-corrected chi connectivity index (χ2v) is 9.69. The van der Waals surface area contributed by atoms with Gasteiger partial charge in [-0.2, -0.15) is 0 Å². The van der Waals surface area contributed by atoms with E-state index in [2.05, 4.69) is 16.3 Å². The van der Waals surface area contributed by atoms with Crippen molar-refractivity contribution in [3.8, 4) is 5.75 Å². The number of nitrogens with one attached hydrogen (secondary N) is 1. The van der Waals surface area contributed by atoms with Crippen LogP contribution in [0.1, 0.15) is 48.4 Å². The number of halogens is 1. The summed E-state index contributed by atoms with van der Waals surface area (Å²) in [6.07, 6.45) is 3.61. The van der Waals surface area contributed by atoms with Gasteiger partial charge in [-0.3, -0.25) is 9.69 Å². The van der Waals surface area contributed by atoms with E-state index >= 15 is 4.39 Å². The molecule has 4 rings (SSSR count). The van der Waals surface area contributed by atoms with Gasteiger partial charge in [0.1, 0.15) is 23.8 Å². The Balaban J connectivity index is 1.35. The summed E-state index contributed by atoms with van der Waals surface area (Å²) in [5.41, 5.74) is 1.76. The average molecular weight is 486 g/mol. The lowest BCUT2D eigenvalue weighted by Crippen LogP contribution is -2.32. The number of hydrogen-bond acceptors (Lipinski definition) is 6. The quantitative estimate of drug-likeness (QED) is 0.439. The first-order valence-corrected chi connectivity index (χ1v) is 12.5. The molecule has 1 unspecified atom stereocenters. The van der Waals surface area contributed by atoms with Gasteiger partial charge in [0, 0.05) is 44.9 Å². The number of aromatic nitrogens is 1. The molecule has 2 atom stereocenters. The highest BCUT2D eigenvalue weighted by atomic mass is 19.1. The predicted molar refractivity (Wildman–Crippen MR) is 133 cm³/mol. The summed E-state index contributed by atoms with van der Waals surface area (Å²) in [6, 6.07) is 11.7. The van der Waals surface area contributed by atoms with Crippen LogP contribution in [0.15, 0.2) is 36.4 Å². The van der Waals surface area contributed by atoms with E-state index in [1.807, 2.05) is 30.3 Å². The molecule has 0 amide bonds. The number of alkyl halides is 1. The molecule has 1 aromatic heterocycles. The lowest BCUT2D eigenvalue weighted by Gasteiger charge is -2.25. The zero-order valence-corrected chi connectivity index (χ0v) is 20.5. The zero-order chi connectivity index (χ0) is 24.7. The second-order valence-electron chi connectivity index (χ2n) is 9.69. The molecule has 0 radical (unpaired) electrons. The molecule has 2 aromatic rings. The zero-order valence-electron chi connectivity index (χ0n) is 20.5. The molecular formula is C27H36FN3O4. The third-order valence-electron chi connectivity index (χ3n) is 6.95. The Morgan fingerprint density at radius 3 is 3.03 bits per heavy atom. The van der Waals surface area contributed by atoms with E-state index in [9.17, 15) is 9.90 Å². The summed E-state index contributed by atoms with van der Waals surface area (Å²) in [5, 5.41) is 12.8. The van der Waals surface area contributed by atoms with Gasteiger partial charge in [-0.25, -0.2) is 9.37 Å². The van der Waals surface area contributed by atoms with Crippen LogP contribution in [0.5, 0.6) is 5.75 Å². The fourth-order valence-corrected chi connectivity index (χ4v) is 5.05. The minimum Gasteiger partial charge on any atom is -0.491 e. The highest BCUT2D eigenvalue weighted by Crippen LogP contribution is 2.33. The van der Waals surface area contributed by atoms with Crippen molar-refractivity contribution >= 4 is 11.8 Å². The number of fused-ring (bicyclic) bond motifs is 1. The number of aliphatic carboxylic acids is 1. The first kappa shape index (κ1) is 25.4. The number of carboxylic acids is 1. The molecule has 3 heterocycles. The summed E-state index contributed by atoms with van der Waals surface area (Å²) in [7, 11) is 1.62. The number of carbonyl (C=O) groups is 1. The van der Waals surface area contributed by atoms with E-state index in [1.54, 1.807) is 7.11 Å². The van der Waals surface area contributed by atoms with E-state index in [-0.39, 0.29) is 12.3 Å². The van der Waals surface area contributed by atoms with Crippen LogP contribution in [0.3, 0.4) is 0 Å². The van der Waals surface area contributed by atoms with Gasteiger partial charge < -0.3 is 19.9 Å². The van der Waals surface area contributed by atoms with Crippen molar-refractivity contribution in [1.29, 1.82) is 0 Å². The fraction of sp³-hybridized carbons (Fsp3) is 0.556. The highest BCUT2D eigenvalue weighted by molar-refractivity contribution is 5.68. The molecular weight excluding hydrogens is 449 g/mol. The Morgan fingerprint density at radius 2 is 2.20 bits per heavy atom. The van der Waals surface area contributed by atoms with E-state index in [0.29, 0.717) is 57.9 Å². The normalized spacial score (nSPS) is 20.7. The van der Waals surface area contributed by atoms with E-state index in [4.69, 9.17) is 14.5 Å². The van der Waals surface area contributed by atoms with Crippen LogP contribution in [0, 0.1) is 0 Å². The number of likely N-dealkylation sites (tertiary alicyclic amines) is 1. The molecule has 2 N–H and O–H groups in total. The third kappa shape index (κ3) is 7.15. The summed E-state index contributed by atoms with van der Waals surface area (Å²) >= 11 is 0. The largest absolute Gasteiger partial charge is 0.491 e. The van der Waals surface area contributed by atoms with Gasteiger partial charge in [0.15, 0.2) is 0 Å². The van der Waals surface area contributed by atoms with Crippen molar-refractivity contribution in [3.05, 3.63) is 53.2 Å². The van der Waals surface area contributed by atoms with Gasteiger partial charge in [-0.1, -0.05) is 18.2 Å². The van der Waals surface area contributed by atoms with Gasteiger partial charge in [0.05, 0.1) is 13.0 Å². The molecule has 1 fully saturated rings. The average Bonchev–Trinajstić information content (AvgIpc) is 3.23. The Hall–Kier alpha value is -2.71. The van der Waals surface area contributed by atoms with Crippen LogP contribution in [0.4, 0.5) is 10.2 Å². The highest BCUT2D eigenvalue weighted by Gasteiger charge is 2.39. The minimum absolute atomic E-state index is 0.0106. The number of benzene rings is 1. The first-order valence-electron chi connectivity index (χ1n) is 12.5. The number of hydrogen-bond donors (Lipinski definition) is 2. The Labute approximate surface area is 206 Å². The molecule has 0 spiro atoms. The molecule has 1 saturated heterocycles. The minimum atomic E-state index is -1.29. The molecule has 2 aliphatic heterocycles. The van der Waals surface area contributed by atoms with Crippen LogP contribution >= 0.6 is 0 Å². The summed E-state index contributed by atoms with van der Waals surface area (Å²) in [4.78, 5) is 18.4. The number of aryl methyl sites for hydroxylation is 2. The Kier molecular flexibility index (Phi) is 8.57. The molecule has 1 aromatic carbocycles. The lowest BCUT2D eigenvalue weighted by atomic mass is 9.94. The van der Waals surface area contributed by atoms with Crippen molar-refractivity contribution < 1.29 is 23.8 Å². The van der Waals surface area contributed by atoms with Crippen molar-refractivity contribution in [2.75, 3.05) is 51.8 Å². The Morgan fingerprint density at radius 1 is 1.31 bits per heavy atom. The summed E-state index contributed by atoms with van der Waals surface area (Å²) in [5.74, 6) is 0.524. The van der Waals surface area contributed by atoms with Crippen LogP contribution in [-0.2, 0) is 22.4 Å². The van der Waals surface area contributed by atoms with E-state index in [1.165, 1.54) is 5.56 Å². The van der Waals surface area contributed by atoms with E-state index in [0.717, 1.165) is 36.5 Å². The van der Waals surface area contributed by atoms with Gasteiger partial charge >= 0.3 is 5.97 Å². The number of nitrogens with zero attached hydrogens (tertiary/aromatic N) is 2. The van der Waals surface area contributed by atoms with Crippen LogP contribution in [0.2, 0.25) is 0 Å². The van der Waals surface area contributed by atoms with Crippen LogP contribution < -0.4 is 10.1 Å². The monoisotopic (exact) mass is 485 g/mol. The predicted octanol–water partition coefficient (Wildman–Crippen LogP) is 4.07. The van der Waals surface area contributed by atoms with Crippen molar-refractivity contribution in [2.45, 2.75) is 50.1 Å². The number of carboxylic acid groups (broad SMARTS) is 1. The maximum Gasteiger partial charge on any atom is 0.304 e. The lowest BCUT2D eigenvalue weighted by molar-refractivity contribution is -0.137. The topological polar surface area (TPSA) is 83.9 Å². The standard InChI is InChI=1S/C27H36FN3O4/c1-34-14-15-35-24-6-2-4-21(16-24)22(17-25(32)33)18-31-13-11-27(28,19-31)10-9-23-8-7-20-5-3-12-29-26(20)30-23/h2,4,6-8,16,22H,3,5,9-15,17-19H2,1H3,(H,29,30)(H,32,33)/t22-,27?/m1/s1. The number of methoxy groups -OCH3 is 1. The molecule has 0 aliphatic carbocycles. The number of ether oxygens (including phenoxy) is 2. The Bertz CT molecular complexity index is 1000. The molecule has 190 valence electrons. The van der Waals surface area contributed by atoms with Crippen molar-refractivity contribution in [3.63, 3.8) is 0 Å². The number of anilines is 1. The summed E-state index contributed by atoms with van der Waals surface area (Å²) in [6.45, 7) is 3.28. The first-order chi connectivity index (χ1) is 16.9. The summed E-state index contributed by atoms with van der Waals surface area (Å²) < 4.78 is 26.4. The van der Waals surface area contributed by atoms with Crippen molar-refractivity contribution in [1.82, 2.24) is 9.88 Å². The molecule has 2 aliphatic rings. The SMILES string of the molecule is COCCOc1cccc([C@H](CC(=O)O)CN2CCC(F)(CCc3ccc4c(n3)NCCC4)C2)c1. The number of pyridine rings is 1. The van der Waals surface area contributed by atoms with Gasteiger partial charge in [0.25, 0.3) is 0 Å². The van der Waals surface area contributed by atoms with Crippen LogP contribution in [0.25, 0.3) is 0 Å². The molecule has 0 bridgehead atoms. The van der Waals surface area contributed by atoms with Gasteiger partial charge in [-0.05, 0) is 61.4 Å². The van der Waals surface area contributed by atoms with Gasteiger partial charge in [0.2, 0.25) is 0 Å². The fourth-order valence-electron chi connectivity index (χ4n) is 5.05. The number of rotatable bonds is 12. The third-order valence-corrected chi connectivity index (χ3v) is 6.95. The maximum absolute atomic E-state index is 15.7. The van der Waals surface area contributed by atoms with Gasteiger partial charge in [-0.15, -0.1) is 0 Å². The van der Waals surface area contributed by atoms with E-state index < -0.39 is 11.6 Å².